The molecule has 25 heavy (non-hydrogen) atoms. The van der Waals surface area contributed by atoms with Gasteiger partial charge in [0.25, 0.3) is 0 Å². The molecule has 4 rings (SSSR count). The number of hydrogen-bond donors (Lipinski definition) is 1. The SMILES string of the molecule is CCN(CC)C(=O)[C@H]1C(=O)N[C@@]23CCCC[C@@H]2[C@H]1c1ccccc1O3. The summed E-state index contributed by atoms with van der Waals surface area (Å²) in [6.45, 7) is 5.18. The Labute approximate surface area is 148 Å². The molecule has 0 radical (unpaired) electrons. The van der Waals surface area contributed by atoms with Gasteiger partial charge in [-0.05, 0) is 38.3 Å². The number of nitrogens with one attached hydrogen (secondary N) is 1. The zero-order chi connectivity index (χ0) is 17.6. The highest BCUT2D eigenvalue weighted by atomic mass is 16.5. The monoisotopic (exact) mass is 342 g/mol. The Morgan fingerprint density at radius 2 is 2.04 bits per heavy atom. The van der Waals surface area contributed by atoms with Crippen molar-refractivity contribution in [3.63, 3.8) is 0 Å². The van der Waals surface area contributed by atoms with E-state index in [1.807, 2.05) is 38.1 Å². The van der Waals surface area contributed by atoms with Gasteiger partial charge >= 0.3 is 0 Å². The van der Waals surface area contributed by atoms with Crippen LogP contribution in [0.1, 0.15) is 51.0 Å². The predicted octanol–water partition coefficient (Wildman–Crippen LogP) is 2.66. The van der Waals surface area contributed by atoms with Crippen LogP contribution in [0.2, 0.25) is 0 Å². The summed E-state index contributed by atoms with van der Waals surface area (Å²) < 4.78 is 6.35. The Morgan fingerprint density at radius 3 is 2.80 bits per heavy atom. The number of nitrogens with zero attached hydrogens (tertiary/aromatic N) is 1. The first-order valence-corrected chi connectivity index (χ1v) is 9.50. The molecule has 1 aromatic rings. The summed E-state index contributed by atoms with van der Waals surface area (Å²) in [4.78, 5) is 28.0. The van der Waals surface area contributed by atoms with E-state index in [9.17, 15) is 9.59 Å². The zero-order valence-electron chi connectivity index (χ0n) is 15.0. The second-order valence-corrected chi connectivity index (χ2v) is 7.38. The molecule has 2 fully saturated rings. The van der Waals surface area contributed by atoms with Crippen molar-refractivity contribution in [2.75, 3.05) is 13.1 Å². The van der Waals surface area contributed by atoms with Crippen molar-refractivity contribution in [3.05, 3.63) is 29.8 Å². The quantitative estimate of drug-likeness (QED) is 0.859. The maximum absolute atomic E-state index is 13.2. The van der Waals surface area contributed by atoms with Crippen LogP contribution < -0.4 is 10.1 Å². The minimum atomic E-state index is -0.652. The molecule has 0 aromatic heterocycles. The van der Waals surface area contributed by atoms with E-state index in [1.54, 1.807) is 4.90 Å². The van der Waals surface area contributed by atoms with E-state index in [0.717, 1.165) is 37.0 Å². The van der Waals surface area contributed by atoms with Crippen LogP contribution in [0.4, 0.5) is 0 Å². The highest BCUT2D eigenvalue weighted by Crippen LogP contribution is 2.55. The molecule has 0 spiro atoms. The first-order valence-electron chi connectivity index (χ1n) is 9.50. The van der Waals surface area contributed by atoms with Crippen molar-refractivity contribution in [1.29, 1.82) is 0 Å². The number of carbonyl (C=O) groups is 2. The minimum Gasteiger partial charge on any atom is -0.467 e. The number of benzene rings is 1. The summed E-state index contributed by atoms with van der Waals surface area (Å²) in [5.41, 5.74) is 0.388. The first-order chi connectivity index (χ1) is 12.1. The maximum atomic E-state index is 13.2. The molecule has 1 N–H and O–H groups in total. The van der Waals surface area contributed by atoms with Gasteiger partial charge in [0.15, 0.2) is 5.72 Å². The molecular formula is C20H26N2O3. The van der Waals surface area contributed by atoms with Gasteiger partial charge in [-0.1, -0.05) is 24.6 Å². The molecule has 1 saturated heterocycles. The highest BCUT2D eigenvalue weighted by molar-refractivity contribution is 6.02. The highest BCUT2D eigenvalue weighted by Gasteiger charge is 2.60. The number of piperidine rings is 1. The number of ether oxygens (including phenoxy) is 1. The van der Waals surface area contributed by atoms with Crippen molar-refractivity contribution < 1.29 is 14.3 Å². The van der Waals surface area contributed by atoms with Gasteiger partial charge in [0.1, 0.15) is 11.7 Å². The van der Waals surface area contributed by atoms with Gasteiger partial charge in [0.05, 0.1) is 0 Å². The molecule has 2 aliphatic heterocycles. The fourth-order valence-corrected chi connectivity index (χ4v) is 5.07. The molecular weight excluding hydrogens is 316 g/mol. The van der Waals surface area contributed by atoms with Crippen LogP contribution in [0, 0.1) is 11.8 Å². The van der Waals surface area contributed by atoms with Crippen LogP contribution in [0.15, 0.2) is 24.3 Å². The van der Waals surface area contributed by atoms with E-state index in [2.05, 4.69) is 5.32 Å². The normalized spacial score (nSPS) is 32.7. The molecule has 5 nitrogen and oxygen atoms in total. The third-order valence-corrected chi connectivity index (χ3v) is 6.23. The molecule has 134 valence electrons. The van der Waals surface area contributed by atoms with Gasteiger partial charge in [0.2, 0.25) is 11.8 Å². The summed E-state index contributed by atoms with van der Waals surface area (Å²) in [7, 11) is 0. The van der Waals surface area contributed by atoms with Gasteiger partial charge < -0.3 is 15.0 Å². The summed E-state index contributed by atoms with van der Waals surface area (Å²) in [6, 6.07) is 7.92. The second-order valence-electron chi connectivity index (χ2n) is 7.38. The molecule has 5 heteroatoms. The molecule has 2 heterocycles. The molecule has 0 unspecified atom stereocenters. The largest absolute Gasteiger partial charge is 0.467 e. The second kappa shape index (κ2) is 6.04. The van der Waals surface area contributed by atoms with E-state index < -0.39 is 11.6 Å². The summed E-state index contributed by atoms with van der Waals surface area (Å²) >= 11 is 0. The van der Waals surface area contributed by atoms with Gasteiger partial charge in [-0.2, -0.15) is 0 Å². The van der Waals surface area contributed by atoms with E-state index in [1.165, 1.54) is 0 Å². The summed E-state index contributed by atoms with van der Waals surface area (Å²) in [5.74, 6) is 0.0209. The topological polar surface area (TPSA) is 58.6 Å². The Kier molecular flexibility index (Phi) is 3.97. The lowest BCUT2D eigenvalue weighted by Crippen LogP contribution is -2.70. The predicted molar refractivity (Wildman–Crippen MR) is 94.1 cm³/mol. The minimum absolute atomic E-state index is 0.0524. The van der Waals surface area contributed by atoms with E-state index in [-0.39, 0.29) is 23.7 Å². The number of para-hydroxylation sites is 1. The third-order valence-electron chi connectivity index (χ3n) is 6.23. The smallest absolute Gasteiger partial charge is 0.236 e. The maximum Gasteiger partial charge on any atom is 0.236 e. The number of carbonyl (C=O) groups excluding carboxylic acids is 2. The molecule has 2 amide bonds. The number of amides is 2. The number of hydrogen-bond acceptors (Lipinski definition) is 3. The lowest BCUT2D eigenvalue weighted by Gasteiger charge is -2.56. The number of rotatable bonds is 3. The van der Waals surface area contributed by atoms with Gasteiger partial charge in [0, 0.05) is 31.3 Å². The van der Waals surface area contributed by atoms with Crippen molar-refractivity contribution in [2.24, 2.45) is 11.8 Å². The fraction of sp³-hybridized carbons (Fsp3) is 0.600. The lowest BCUT2D eigenvalue weighted by atomic mass is 9.62. The van der Waals surface area contributed by atoms with Crippen LogP contribution in [0.3, 0.4) is 0 Å². The Morgan fingerprint density at radius 1 is 1.28 bits per heavy atom. The average Bonchev–Trinajstić information content (AvgIpc) is 2.61. The van der Waals surface area contributed by atoms with Crippen molar-refractivity contribution in [1.82, 2.24) is 10.2 Å². The van der Waals surface area contributed by atoms with E-state index in [0.29, 0.717) is 13.1 Å². The van der Waals surface area contributed by atoms with Gasteiger partial charge in [-0.15, -0.1) is 0 Å². The molecule has 1 saturated carbocycles. The van der Waals surface area contributed by atoms with E-state index >= 15 is 0 Å². The summed E-state index contributed by atoms with van der Waals surface area (Å²) in [6.07, 6.45) is 3.97. The van der Waals surface area contributed by atoms with Crippen LogP contribution in [0.25, 0.3) is 0 Å². The molecule has 1 aromatic carbocycles. The van der Waals surface area contributed by atoms with Crippen LogP contribution in [0.5, 0.6) is 5.75 Å². The lowest BCUT2D eigenvalue weighted by molar-refractivity contribution is -0.165. The van der Waals surface area contributed by atoms with Crippen LogP contribution in [-0.4, -0.2) is 35.5 Å². The van der Waals surface area contributed by atoms with Crippen molar-refractivity contribution >= 4 is 11.8 Å². The van der Waals surface area contributed by atoms with E-state index in [4.69, 9.17) is 4.74 Å². The Bertz CT molecular complexity index is 700. The van der Waals surface area contributed by atoms with Gasteiger partial charge in [-0.3, -0.25) is 9.59 Å². The zero-order valence-corrected chi connectivity index (χ0v) is 15.0. The van der Waals surface area contributed by atoms with Crippen molar-refractivity contribution in [2.45, 2.75) is 51.2 Å². The Hall–Kier alpha value is -2.04. The molecule has 3 aliphatic rings. The average molecular weight is 342 g/mol. The Balaban J connectivity index is 1.83. The molecule has 4 atom stereocenters. The fourth-order valence-electron chi connectivity index (χ4n) is 5.07. The molecule has 1 aliphatic carbocycles. The van der Waals surface area contributed by atoms with Crippen molar-refractivity contribution in [3.8, 4) is 5.75 Å². The number of fused-ring (bicyclic) bond motifs is 2. The van der Waals surface area contributed by atoms with Gasteiger partial charge in [-0.25, -0.2) is 0 Å². The first kappa shape index (κ1) is 16.4. The summed E-state index contributed by atoms with van der Waals surface area (Å²) in [5, 5.41) is 3.13. The van der Waals surface area contributed by atoms with Crippen LogP contribution in [-0.2, 0) is 9.59 Å². The third kappa shape index (κ3) is 2.35. The molecule has 2 bridgehead atoms. The standard InChI is InChI=1S/C20H26N2O3/c1-3-22(4-2)19(24)17-16-13-9-5-6-11-15(13)25-20(21-18(17)23)12-8-7-10-14(16)20/h5-6,9,11,14,16-17H,3-4,7-8,10,12H2,1-2H3,(H,21,23)/t14-,16-,17-,20-/m1/s1. The van der Waals surface area contributed by atoms with Crippen LogP contribution >= 0.6 is 0 Å².